The second kappa shape index (κ2) is 4.34. The maximum Gasteiger partial charge on any atom is 0.124 e. The molecule has 0 aromatic heterocycles. The average Bonchev–Trinajstić information content (AvgIpc) is 2.15. The Balaban J connectivity index is 3.37. The lowest BCUT2D eigenvalue weighted by Gasteiger charge is -2.23. The number of phenols is 1. The normalized spacial score (nSPS) is 13.6. The van der Waals surface area contributed by atoms with E-state index < -0.39 is 0 Å². The molecule has 1 unspecified atom stereocenters. The Morgan fingerprint density at radius 3 is 2.25 bits per heavy atom. The van der Waals surface area contributed by atoms with Crippen molar-refractivity contribution in [3.05, 3.63) is 23.3 Å². The van der Waals surface area contributed by atoms with Crippen LogP contribution in [0.15, 0.2) is 12.1 Å². The molecule has 90 valence electrons. The second-order valence-electron chi connectivity index (χ2n) is 5.15. The van der Waals surface area contributed by atoms with E-state index in [1.165, 1.54) is 0 Å². The van der Waals surface area contributed by atoms with Gasteiger partial charge in [-0.15, -0.1) is 0 Å². The SMILES string of the molecule is COc1cc(C(C)(C)C)c(O)cc1C(C)N. The van der Waals surface area contributed by atoms with Crippen LogP contribution in [0, 0.1) is 0 Å². The summed E-state index contributed by atoms with van der Waals surface area (Å²) in [7, 11) is 1.62. The molecule has 1 aromatic carbocycles. The number of methoxy groups -OCH3 is 1. The van der Waals surface area contributed by atoms with Gasteiger partial charge in [0.05, 0.1) is 7.11 Å². The van der Waals surface area contributed by atoms with Gasteiger partial charge in [0, 0.05) is 17.2 Å². The summed E-state index contributed by atoms with van der Waals surface area (Å²) in [5.41, 5.74) is 7.41. The van der Waals surface area contributed by atoms with Gasteiger partial charge in [-0.3, -0.25) is 0 Å². The highest BCUT2D eigenvalue weighted by Crippen LogP contribution is 2.37. The van der Waals surface area contributed by atoms with Crippen LogP contribution in [0.25, 0.3) is 0 Å². The molecule has 0 heterocycles. The minimum absolute atomic E-state index is 0.117. The van der Waals surface area contributed by atoms with Crippen LogP contribution < -0.4 is 10.5 Å². The van der Waals surface area contributed by atoms with Crippen LogP contribution in [0.1, 0.15) is 44.9 Å². The van der Waals surface area contributed by atoms with Gasteiger partial charge in [-0.2, -0.15) is 0 Å². The van der Waals surface area contributed by atoms with Gasteiger partial charge < -0.3 is 15.6 Å². The standard InChI is InChI=1S/C13H21NO2/c1-8(14)9-6-11(15)10(13(2,3)4)7-12(9)16-5/h6-8,15H,14H2,1-5H3. The van der Waals surface area contributed by atoms with Crippen molar-refractivity contribution in [1.29, 1.82) is 0 Å². The summed E-state index contributed by atoms with van der Waals surface area (Å²) in [5.74, 6) is 1.01. The molecule has 3 heteroatoms. The van der Waals surface area contributed by atoms with E-state index in [2.05, 4.69) is 0 Å². The molecule has 0 spiro atoms. The lowest BCUT2D eigenvalue weighted by molar-refractivity contribution is 0.397. The molecule has 1 atom stereocenters. The first-order valence-electron chi connectivity index (χ1n) is 5.44. The van der Waals surface area contributed by atoms with Crippen molar-refractivity contribution in [3.8, 4) is 11.5 Å². The Kier molecular flexibility index (Phi) is 3.48. The average molecular weight is 223 g/mol. The zero-order valence-electron chi connectivity index (χ0n) is 10.7. The molecule has 0 aliphatic rings. The summed E-state index contributed by atoms with van der Waals surface area (Å²) < 4.78 is 5.31. The molecule has 0 fully saturated rings. The van der Waals surface area contributed by atoms with Crippen molar-refractivity contribution in [1.82, 2.24) is 0 Å². The fraction of sp³-hybridized carbons (Fsp3) is 0.538. The summed E-state index contributed by atoms with van der Waals surface area (Å²) in [4.78, 5) is 0. The Morgan fingerprint density at radius 2 is 1.88 bits per heavy atom. The number of nitrogens with two attached hydrogens (primary N) is 1. The summed E-state index contributed by atoms with van der Waals surface area (Å²) in [6, 6.07) is 3.41. The monoisotopic (exact) mass is 223 g/mol. The van der Waals surface area contributed by atoms with Crippen LogP contribution in [0.5, 0.6) is 11.5 Å². The largest absolute Gasteiger partial charge is 0.508 e. The number of ether oxygens (including phenoxy) is 1. The van der Waals surface area contributed by atoms with Gasteiger partial charge in [-0.25, -0.2) is 0 Å². The van der Waals surface area contributed by atoms with Gasteiger partial charge in [0.25, 0.3) is 0 Å². The Morgan fingerprint density at radius 1 is 1.31 bits per heavy atom. The van der Waals surface area contributed by atoms with Crippen molar-refractivity contribution in [2.45, 2.75) is 39.2 Å². The molecule has 0 saturated carbocycles. The first kappa shape index (κ1) is 12.8. The maximum atomic E-state index is 9.98. The Bertz CT molecular complexity index is 378. The summed E-state index contributed by atoms with van der Waals surface area (Å²) in [5, 5.41) is 9.98. The number of hydrogen-bond donors (Lipinski definition) is 2. The van der Waals surface area contributed by atoms with Crippen LogP contribution in [-0.4, -0.2) is 12.2 Å². The van der Waals surface area contributed by atoms with Crippen LogP contribution in [0.4, 0.5) is 0 Å². The minimum atomic E-state index is -0.158. The third kappa shape index (κ3) is 2.47. The van der Waals surface area contributed by atoms with E-state index in [-0.39, 0.29) is 17.2 Å². The van der Waals surface area contributed by atoms with E-state index >= 15 is 0 Å². The Hall–Kier alpha value is -1.22. The van der Waals surface area contributed by atoms with E-state index in [4.69, 9.17) is 10.5 Å². The number of phenolic OH excluding ortho intramolecular Hbond substituents is 1. The van der Waals surface area contributed by atoms with Crippen molar-refractivity contribution in [2.24, 2.45) is 5.73 Å². The van der Waals surface area contributed by atoms with Crippen molar-refractivity contribution < 1.29 is 9.84 Å². The van der Waals surface area contributed by atoms with E-state index in [0.29, 0.717) is 0 Å². The third-order valence-corrected chi connectivity index (χ3v) is 2.65. The van der Waals surface area contributed by atoms with Gasteiger partial charge in [0.1, 0.15) is 11.5 Å². The molecule has 1 aromatic rings. The smallest absolute Gasteiger partial charge is 0.124 e. The zero-order valence-corrected chi connectivity index (χ0v) is 10.7. The van der Waals surface area contributed by atoms with E-state index in [1.54, 1.807) is 13.2 Å². The first-order valence-corrected chi connectivity index (χ1v) is 5.44. The predicted molar refractivity (Wildman–Crippen MR) is 66.0 cm³/mol. The van der Waals surface area contributed by atoms with Crippen LogP contribution in [0.3, 0.4) is 0 Å². The number of hydrogen-bond acceptors (Lipinski definition) is 3. The molecular weight excluding hydrogens is 202 g/mol. The fourth-order valence-electron chi connectivity index (χ4n) is 1.72. The quantitative estimate of drug-likeness (QED) is 0.810. The van der Waals surface area contributed by atoms with Gasteiger partial charge in [0.2, 0.25) is 0 Å². The molecular formula is C13H21NO2. The zero-order chi connectivity index (χ0) is 12.5. The Labute approximate surface area is 97.2 Å². The van der Waals surface area contributed by atoms with Gasteiger partial charge in [0.15, 0.2) is 0 Å². The highest BCUT2D eigenvalue weighted by Gasteiger charge is 2.21. The molecule has 0 aliphatic heterocycles. The molecule has 0 amide bonds. The van der Waals surface area contributed by atoms with Gasteiger partial charge >= 0.3 is 0 Å². The molecule has 0 radical (unpaired) electrons. The number of aromatic hydroxyl groups is 1. The highest BCUT2D eigenvalue weighted by atomic mass is 16.5. The van der Waals surface area contributed by atoms with E-state index in [9.17, 15) is 5.11 Å². The second-order valence-corrected chi connectivity index (χ2v) is 5.15. The molecule has 0 aliphatic carbocycles. The minimum Gasteiger partial charge on any atom is -0.508 e. The van der Waals surface area contributed by atoms with Crippen LogP contribution in [-0.2, 0) is 5.41 Å². The molecule has 1 rings (SSSR count). The lowest BCUT2D eigenvalue weighted by Crippen LogP contribution is -2.14. The van der Waals surface area contributed by atoms with Crippen LogP contribution in [0.2, 0.25) is 0 Å². The summed E-state index contributed by atoms with van der Waals surface area (Å²) in [6.45, 7) is 8.02. The van der Waals surface area contributed by atoms with E-state index in [1.807, 2.05) is 33.8 Å². The van der Waals surface area contributed by atoms with Crippen molar-refractivity contribution in [2.75, 3.05) is 7.11 Å². The van der Waals surface area contributed by atoms with E-state index in [0.717, 1.165) is 16.9 Å². The van der Waals surface area contributed by atoms with Crippen LogP contribution >= 0.6 is 0 Å². The highest BCUT2D eigenvalue weighted by molar-refractivity contribution is 5.49. The molecule has 0 bridgehead atoms. The number of rotatable bonds is 2. The maximum absolute atomic E-state index is 9.98. The number of benzene rings is 1. The molecule has 3 nitrogen and oxygen atoms in total. The third-order valence-electron chi connectivity index (χ3n) is 2.65. The van der Waals surface area contributed by atoms with Gasteiger partial charge in [-0.05, 0) is 24.5 Å². The first-order chi connectivity index (χ1) is 7.27. The summed E-state index contributed by atoms with van der Waals surface area (Å²) in [6.07, 6.45) is 0. The van der Waals surface area contributed by atoms with Crippen molar-refractivity contribution in [3.63, 3.8) is 0 Å². The summed E-state index contributed by atoms with van der Waals surface area (Å²) >= 11 is 0. The lowest BCUT2D eigenvalue weighted by atomic mass is 9.85. The molecule has 3 N–H and O–H groups in total. The topological polar surface area (TPSA) is 55.5 Å². The van der Waals surface area contributed by atoms with Gasteiger partial charge in [-0.1, -0.05) is 20.8 Å². The predicted octanol–water partition coefficient (Wildman–Crippen LogP) is 2.72. The molecule has 0 saturated heterocycles. The molecule has 16 heavy (non-hydrogen) atoms. The fourth-order valence-corrected chi connectivity index (χ4v) is 1.72. The van der Waals surface area contributed by atoms with Crippen molar-refractivity contribution >= 4 is 0 Å².